The molecule has 2 aromatic heterocycles. The van der Waals surface area contributed by atoms with Crippen molar-refractivity contribution in [3.05, 3.63) is 52.1 Å². The Bertz CT molecular complexity index is 902. The minimum atomic E-state index is -0.572. The van der Waals surface area contributed by atoms with Crippen LogP contribution in [0.1, 0.15) is 10.5 Å². The predicted molar refractivity (Wildman–Crippen MR) is 79.6 cm³/mol. The highest BCUT2D eigenvalue weighted by Gasteiger charge is 2.18. The predicted octanol–water partition coefficient (Wildman–Crippen LogP) is 2.93. The van der Waals surface area contributed by atoms with Gasteiger partial charge in [-0.3, -0.25) is 20.2 Å². The van der Waals surface area contributed by atoms with Crippen molar-refractivity contribution in [1.82, 2.24) is 9.55 Å². The minimum absolute atomic E-state index is 0.136. The van der Waals surface area contributed by atoms with E-state index in [0.717, 1.165) is 11.3 Å². The van der Waals surface area contributed by atoms with Crippen molar-refractivity contribution in [3.8, 4) is 0 Å². The summed E-state index contributed by atoms with van der Waals surface area (Å²) in [5, 5.41) is 13.6. The third kappa shape index (κ3) is 2.53. The number of nitro groups is 1. The number of carbonyl (C=O) groups is 1. The van der Waals surface area contributed by atoms with Crippen LogP contribution in [0.25, 0.3) is 10.2 Å². The standard InChI is InChI=1S/C13H9FN4O3S/c1-17-6-8(18(20)21)5-10(17)12(19)16-13-15-9-3-2-7(14)4-11(9)22-13/h2-6H,1H3,(H,15,16,19). The number of fused-ring (bicyclic) bond motifs is 1. The van der Waals surface area contributed by atoms with Gasteiger partial charge < -0.3 is 4.57 Å². The lowest BCUT2D eigenvalue weighted by Gasteiger charge is -2.01. The molecule has 1 aromatic carbocycles. The van der Waals surface area contributed by atoms with E-state index in [1.807, 2.05) is 0 Å². The van der Waals surface area contributed by atoms with Crippen LogP contribution in [0, 0.1) is 15.9 Å². The molecule has 3 aromatic rings. The Morgan fingerprint density at radius 2 is 2.23 bits per heavy atom. The summed E-state index contributed by atoms with van der Waals surface area (Å²) in [6.07, 6.45) is 1.25. The number of aromatic nitrogens is 2. The summed E-state index contributed by atoms with van der Waals surface area (Å²) in [7, 11) is 1.54. The molecule has 9 heteroatoms. The molecule has 0 aliphatic heterocycles. The van der Waals surface area contributed by atoms with Crippen molar-refractivity contribution in [2.75, 3.05) is 5.32 Å². The summed E-state index contributed by atoms with van der Waals surface area (Å²) in [6.45, 7) is 0. The Morgan fingerprint density at radius 1 is 1.45 bits per heavy atom. The Kier molecular flexibility index (Phi) is 3.33. The quantitative estimate of drug-likeness (QED) is 0.593. The van der Waals surface area contributed by atoms with Gasteiger partial charge in [0.1, 0.15) is 11.5 Å². The average Bonchev–Trinajstić information content (AvgIpc) is 3.01. The van der Waals surface area contributed by atoms with Gasteiger partial charge in [-0.05, 0) is 18.2 Å². The summed E-state index contributed by atoms with van der Waals surface area (Å²) >= 11 is 1.13. The number of thiazole rings is 1. The third-order valence-electron chi connectivity index (χ3n) is 3.00. The van der Waals surface area contributed by atoms with Crippen molar-refractivity contribution in [2.24, 2.45) is 7.05 Å². The second kappa shape index (κ2) is 5.19. The van der Waals surface area contributed by atoms with E-state index in [9.17, 15) is 19.3 Å². The highest BCUT2D eigenvalue weighted by atomic mass is 32.1. The van der Waals surface area contributed by atoms with Gasteiger partial charge >= 0.3 is 0 Å². The highest BCUT2D eigenvalue weighted by Crippen LogP contribution is 2.27. The van der Waals surface area contributed by atoms with Crippen LogP contribution >= 0.6 is 11.3 Å². The van der Waals surface area contributed by atoms with Crippen LogP contribution in [-0.4, -0.2) is 20.4 Å². The first kappa shape index (κ1) is 14.1. The summed E-state index contributed by atoms with van der Waals surface area (Å²) in [6, 6.07) is 5.32. The minimum Gasteiger partial charge on any atom is -0.340 e. The fourth-order valence-corrected chi connectivity index (χ4v) is 2.87. The number of aryl methyl sites for hydroxylation is 1. The normalized spacial score (nSPS) is 10.8. The molecule has 22 heavy (non-hydrogen) atoms. The molecule has 112 valence electrons. The molecule has 0 bridgehead atoms. The smallest absolute Gasteiger partial charge is 0.287 e. The summed E-state index contributed by atoms with van der Waals surface area (Å²) in [5.74, 6) is -0.901. The van der Waals surface area contributed by atoms with Gasteiger partial charge in [-0.25, -0.2) is 9.37 Å². The maximum atomic E-state index is 13.1. The molecule has 7 nitrogen and oxygen atoms in total. The van der Waals surface area contributed by atoms with Gasteiger partial charge in [0.15, 0.2) is 5.13 Å². The third-order valence-corrected chi connectivity index (χ3v) is 3.94. The van der Waals surface area contributed by atoms with E-state index >= 15 is 0 Å². The molecule has 0 saturated heterocycles. The number of anilines is 1. The summed E-state index contributed by atoms with van der Waals surface area (Å²) < 4.78 is 15.1. The van der Waals surface area contributed by atoms with E-state index in [2.05, 4.69) is 10.3 Å². The first-order valence-electron chi connectivity index (χ1n) is 6.12. The number of hydrogen-bond donors (Lipinski definition) is 1. The molecule has 0 fully saturated rings. The van der Waals surface area contributed by atoms with E-state index in [4.69, 9.17) is 0 Å². The number of benzene rings is 1. The molecule has 0 atom stereocenters. The van der Waals surface area contributed by atoms with Gasteiger partial charge in [-0.15, -0.1) is 0 Å². The van der Waals surface area contributed by atoms with Crippen molar-refractivity contribution in [1.29, 1.82) is 0 Å². The number of hydrogen-bond acceptors (Lipinski definition) is 5. The molecular weight excluding hydrogens is 311 g/mol. The average molecular weight is 320 g/mol. The Morgan fingerprint density at radius 3 is 2.91 bits per heavy atom. The van der Waals surface area contributed by atoms with E-state index in [-0.39, 0.29) is 17.2 Å². The maximum Gasteiger partial charge on any atom is 0.287 e. The van der Waals surface area contributed by atoms with Crippen LogP contribution in [0.4, 0.5) is 15.2 Å². The largest absolute Gasteiger partial charge is 0.340 e. The molecule has 0 aliphatic rings. The maximum absolute atomic E-state index is 13.1. The van der Waals surface area contributed by atoms with Crippen LogP contribution < -0.4 is 5.32 Å². The molecule has 0 radical (unpaired) electrons. The molecule has 0 unspecified atom stereocenters. The van der Waals surface area contributed by atoms with Crippen molar-refractivity contribution < 1.29 is 14.1 Å². The van der Waals surface area contributed by atoms with Crippen LogP contribution in [0.15, 0.2) is 30.5 Å². The zero-order chi connectivity index (χ0) is 15.9. The summed E-state index contributed by atoms with van der Waals surface area (Å²) in [5.41, 5.74) is 0.538. The molecular formula is C13H9FN4O3S. The number of halogens is 1. The fourth-order valence-electron chi connectivity index (χ4n) is 1.99. The van der Waals surface area contributed by atoms with Crippen LogP contribution in [-0.2, 0) is 7.05 Å². The molecule has 0 spiro atoms. The topological polar surface area (TPSA) is 90.1 Å². The second-order valence-corrected chi connectivity index (χ2v) is 5.57. The number of amides is 1. The van der Waals surface area contributed by atoms with Crippen LogP contribution in [0.5, 0.6) is 0 Å². The Labute approximate surface area is 127 Å². The monoisotopic (exact) mass is 320 g/mol. The lowest BCUT2D eigenvalue weighted by Crippen LogP contribution is -2.15. The van der Waals surface area contributed by atoms with Gasteiger partial charge in [-0.1, -0.05) is 11.3 Å². The second-order valence-electron chi connectivity index (χ2n) is 4.54. The van der Waals surface area contributed by atoms with Crippen LogP contribution in [0.2, 0.25) is 0 Å². The van der Waals surface area contributed by atoms with Gasteiger partial charge in [0.25, 0.3) is 11.6 Å². The number of nitrogens with zero attached hydrogens (tertiary/aromatic N) is 3. The lowest BCUT2D eigenvalue weighted by molar-refractivity contribution is -0.384. The molecule has 0 saturated carbocycles. The molecule has 1 amide bonds. The van der Waals surface area contributed by atoms with E-state index in [1.54, 1.807) is 0 Å². The van der Waals surface area contributed by atoms with Crippen molar-refractivity contribution in [2.45, 2.75) is 0 Å². The highest BCUT2D eigenvalue weighted by molar-refractivity contribution is 7.22. The first-order valence-corrected chi connectivity index (χ1v) is 6.94. The molecule has 1 N–H and O–H groups in total. The number of nitrogens with one attached hydrogen (secondary N) is 1. The van der Waals surface area contributed by atoms with Gasteiger partial charge in [0, 0.05) is 13.1 Å². The number of carbonyl (C=O) groups excluding carboxylic acids is 1. The molecule has 3 rings (SSSR count). The molecule has 2 heterocycles. The lowest BCUT2D eigenvalue weighted by atomic mass is 10.3. The summed E-state index contributed by atoms with van der Waals surface area (Å²) in [4.78, 5) is 26.5. The van der Waals surface area contributed by atoms with Crippen molar-refractivity contribution in [3.63, 3.8) is 0 Å². The van der Waals surface area contributed by atoms with E-state index < -0.39 is 10.8 Å². The zero-order valence-electron chi connectivity index (χ0n) is 11.2. The fraction of sp³-hybridized carbons (Fsp3) is 0.0769. The van der Waals surface area contributed by atoms with E-state index in [1.165, 1.54) is 42.1 Å². The Balaban J connectivity index is 1.88. The van der Waals surface area contributed by atoms with Crippen molar-refractivity contribution >= 4 is 38.3 Å². The number of rotatable bonds is 3. The molecule has 0 aliphatic carbocycles. The van der Waals surface area contributed by atoms with Crippen LogP contribution in [0.3, 0.4) is 0 Å². The first-order chi connectivity index (χ1) is 10.4. The van der Waals surface area contributed by atoms with Gasteiger partial charge in [0.2, 0.25) is 0 Å². The van der Waals surface area contributed by atoms with Gasteiger partial charge in [-0.2, -0.15) is 0 Å². The SMILES string of the molecule is Cn1cc([N+](=O)[O-])cc1C(=O)Nc1nc2ccc(F)cc2s1. The van der Waals surface area contributed by atoms with E-state index in [0.29, 0.717) is 15.3 Å². The zero-order valence-corrected chi connectivity index (χ0v) is 12.1. The Hall–Kier alpha value is -2.81. The van der Waals surface area contributed by atoms with Gasteiger partial charge in [0.05, 0.1) is 21.3 Å².